The summed E-state index contributed by atoms with van der Waals surface area (Å²) in [5.41, 5.74) is 0. The lowest BCUT2D eigenvalue weighted by Gasteiger charge is -2.24. The van der Waals surface area contributed by atoms with Crippen LogP contribution in [0.15, 0.2) is 36.5 Å². The highest BCUT2D eigenvalue weighted by Gasteiger charge is 2.24. The molecule has 0 spiro atoms. The van der Waals surface area contributed by atoms with E-state index in [2.05, 4.69) is 62.5 Å². The fourth-order valence-corrected chi connectivity index (χ4v) is 9.03. The first kappa shape index (κ1) is 64.1. The van der Waals surface area contributed by atoms with Gasteiger partial charge in [-0.05, 0) is 64.2 Å². The Bertz CT molecular complexity index is 1090. The topological polar surface area (TPSA) is 95.9 Å². The van der Waals surface area contributed by atoms with Gasteiger partial charge >= 0.3 is 5.97 Å². The van der Waals surface area contributed by atoms with Crippen LogP contribution in [0.1, 0.15) is 310 Å². The highest BCUT2D eigenvalue weighted by molar-refractivity contribution is 5.77. The van der Waals surface area contributed by atoms with E-state index in [1.165, 1.54) is 193 Å². The van der Waals surface area contributed by atoms with E-state index in [1.54, 1.807) is 0 Å². The first-order chi connectivity index (χ1) is 32.5. The summed E-state index contributed by atoms with van der Waals surface area (Å²) < 4.78 is 5.96. The molecule has 6 nitrogen and oxygen atoms in total. The van der Waals surface area contributed by atoms with E-state index in [0.29, 0.717) is 19.3 Å². The van der Waals surface area contributed by atoms with E-state index in [0.717, 1.165) is 70.6 Å². The van der Waals surface area contributed by atoms with Crippen molar-refractivity contribution >= 4 is 11.9 Å². The molecule has 0 fully saturated rings. The molecular weight excluding hydrogens is 815 g/mol. The number of aliphatic hydroxyl groups is 2. The molecule has 1 amide bonds. The number of unbranched alkanes of at least 4 members (excludes halogenated alkanes) is 35. The number of hydrogen-bond acceptors (Lipinski definition) is 5. The number of ether oxygens (including phenoxy) is 1. The quantitative estimate of drug-likeness (QED) is 0.0321. The van der Waals surface area contributed by atoms with Gasteiger partial charge in [0.25, 0.3) is 0 Å². The van der Waals surface area contributed by atoms with Crippen LogP contribution in [0, 0.1) is 0 Å². The van der Waals surface area contributed by atoms with E-state index in [4.69, 9.17) is 4.74 Å². The molecule has 0 aliphatic rings. The Morgan fingerprint density at radius 1 is 0.439 bits per heavy atom. The van der Waals surface area contributed by atoms with Crippen molar-refractivity contribution in [3.05, 3.63) is 36.5 Å². The van der Waals surface area contributed by atoms with Gasteiger partial charge in [0.05, 0.1) is 25.2 Å². The number of esters is 1. The predicted octanol–water partition coefficient (Wildman–Crippen LogP) is 18.0. The van der Waals surface area contributed by atoms with Gasteiger partial charge in [0, 0.05) is 6.42 Å². The number of carbonyl (C=O) groups excluding carboxylic acids is 2. The smallest absolute Gasteiger partial charge is 0.306 e. The van der Waals surface area contributed by atoms with E-state index in [-0.39, 0.29) is 24.9 Å². The van der Waals surface area contributed by atoms with Gasteiger partial charge in [-0.15, -0.1) is 0 Å². The van der Waals surface area contributed by atoms with Crippen LogP contribution in [0.2, 0.25) is 0 Å². The van der Waals surface area contributed by atoms with Gasteiger partial charge in [0.2, 0.25) is 5.91 Å². The van der Waals surface area contributed by atoms with Crippen molar-refractivity contribution in [2.24, 2.45) is 0 Å². The van der Waals surface area contributed by atoms with Crippen molar-refractivity contribution in [2.45, 2.75) is 328 Å². The zero-order valence-electron chi connectivity index (χ0n) is 44.3. The van der Waals surface area contributed by atoms with Gasteiger partial charge in [-0.3, -0.25) is 9.59 Å². The summed E-state index contributed by atoms with van der Waals surface area (Å²) in [5, 5.41) is 23.9. The molecule has 0 heterocycles. The third kappa shape index (κ3) is 48.5. The molecule has 3 unspecified atom stereocenters. The number of amides is 1. The summed E-state index contributed by atoms with van der Waals surface area (Å²) in [7, 11) is 0. The predicted molar refractivity (Wildman–Crippen MR) is 287 cm³/mol. The largest absolute Gasteiger partial charge is 0.462 e. The Kier molecular flexibility index (Phi) is 52.5. The van der Waals surface area contributed by atoms with E-state index in [1.807, 2.05) is 0 Å². The van der Waals surface area contributed by atoms with Crippen LogP contribution in [0.3, 0.4) is 0 Å². The summed E-state index contributed by atoms with van der Waals surface area (Å²) >= 11 is 0. The van der Waals surface area contributed by atoms with Gasteiger partial charge in [0.1, 0.15) is 6.10 Å². The van der Waals surface area contributed by atoms with Crippen molar-refractivity contribution in [3.63, 3.8) is 0 Å². The van der Waals surface area contributed by atoms with Crippen molar-refractivity contribution in [2.75, 3.05) is 6.61 Å². The Hall–Kier alpha value is -1.92. The van der Waals surface area contributed by atoms with Gasteiger partial charge in [-0.1, -0.05) is 269 Å². The van der Waals surface area contributed by atoms with Crippen molar-refractivity contribution in [3.8, 4) is 0 Å². The third-order valence-electron chi connectivity index (χ3n) is 13.5. The molecule has 3 atom stereocenters. The van der Waals surface area contributed by atoms with Crippen LogP contribution in [-0.4, -0.2) is 46.9 Å². The molecular formula is C60H113NO5. The van der Waals surface area contributed by atoms with Crippen molar-refractivity contribution in [1.82, 2.24) is 5.32 Å². The Morgan fingerprint density at radius 3 is 1.20 bits per heavy atom. The minimum Gasteiger partial charge on any atom is -0.462 e. The van der Waals surface area contributed by atoms with Crippen molar-refractivity contribution in [1.29, 1.82) is 0 Å². The molecule has 0 aromatic rings. The molecule has 0 aliphatic carbocycles. The maximum atomic E-state index is 13.3. The van der Waals surface area contributed by atoms with Crippen LogP contribution in [0.25, 0.3) is 0 Å². The van der Waals surface area contributed by atoms with E-state index < -0.39 is 18.2 Å². The summed E-state index contributed by atoms with van der Waals surface area (Å²) in [6.45, 7) is 6.49. The number of rotatable bonds is 53. The molecule has 6 heteroatoms. The van der Waals surface area contributed by atoms with Gasteiger partial charge in [-0.25, -0.2) is 0 Å². The van der Waals surface area contributed by atoms with Crippen LogP contribution in [0.4, 0.5) is 0 Å². The maximum Gasteiger partial charge on any atom is 0.306 e. The first-order valence-electron chi connectivity index (χ1n) is 29.2. The molecule has 0 saturated carbocycles. The second kappa shape index (κ2) is 54.0. The average Bonchev–Trinajstić information content (AvgIpc) is 3.31. The SMILES string of the molecule is CCCCC/C=C\C/C=C\C/C=C\CCCCCCC(=O)OC(CCCCCCCCCCCCCCCCC)CC(=O)NC(CO)C(O)CCCCCCCCCCCCCCCCC. The van der Waals surface area contributed by atoms with Crippen LogP contribution in [-0.2, 0) is 14.3 Å². The van der Waals surface area contributed by atoms with E-state index >= 15 is 0 Å². The minimum absolute atomic E-state index is 0.0732. The summed E-state index contributed by atoms with van der Waals surface area (Å²) in [4.78, 5) is 26.3. The van der Waals surface area contributed by atoms with Crippen LogP contribution in [0.5, 0.6) is 0 Å². The maximum absolute atomic E-state index is 13.3. The Morgan fingerprint density at radius 2 is 0.773 bits per heavy atom. The lowest BCUT2D eigenvalue weighted by Crippen LogP contribution is -2.46. The standard InChI is InChI=1S/C60H113NO5/c1-4-7-10-13-16-19-22-25-28-29-32-35-38-41-44-47-50-53-60(65)66-56(51-48-45-42-39-36-33-30-26-23-20-17-14-11-8-5-2)54-59(64)61-57(55-62)58(63)52-49-46-43-40-37-34-31-27-24-21-18-15-12-9-6-3/h16,19,25,28,32,35,56-58,62-63H,4-15,17-18,20-24,26-27,29-31,33-34,36-55H2,1-3H3,(H,61,64)/b19-16-,28-25-,35-32-. The average molecular weight is 929 g/mol. The number of nitrogens with one attached hydrogen (secondary N) is 1. The normalized spacial score (nSPS) is 13.3. The number of allylic oxidation sites excluding steroid dienone is 6. The lowest BCUT2D eigenvalue weighted by atomic mass is 10.0. The van der Waals surface area contributed by atoms with E-state index in [9.17, 15) is 19.8 Å². The highest BCUT2D eigenvalue weighted by atomic mass is 16.5. The molecule has 388 valence electrons. The van der Waals surface area contributed by atoms with Crippen molar-refractivity contribution < 1.29 is 24.5 Å². The fraction of sp³-hybridized carbons (Fsp3) is 0.867. The molecule has 0 saturated heterocycles. The zero-order valence-corrected chi connectivity index (χ0v) is 44.3. The molecule has 0 aromatic heterocycles. The molecule has 0 radical (unpaired) electrons. The van der Waals surface area contributed by atoms with Gasteiger partial charge in [0.15, 0.2) is 0 Å². The van der Waals surface area contributed by atoms with Crippen LogP contribution < -0.4 is 5.32 Å². The second-order valence-corrected chi connectivity index (χ2v) is 20.1. The zero-order chi connectivity index (χ0) is 48.1. The van der Waals surface area contributed by atoms with Gasteiger partial charge < -0.3 is 20.3 Å². The molecule has 0 aliphatic heterocycles. The number of hydrogen-bond donors (Lipinski definition) is 3. The molecule has 0 aromatic carbocycles. The highest BCUT2D eigenvalue weighted by Crippen LogP contribution is 2.19. The summed E-state index contributed by atoms with van der Waals surface area (Å²) in [5.74, 6) is -0.482. The van der Waals surface area contributed by atoms with Crippen LogP contribution >= 0.6 is 0 Å². The summed E-state index contributed by atoms with van der Waals surface area (Å²) in [6, 6.07) is -0.704. The Labute approximate surface area is 411 Å². The number of carbonyl (C=O) groups is 2. The number of aliphatic hydroxyl groups excluding tert-OH is 2. The third-order valence-corrected chi connectivity index (χ3v) is 13.5. The second-order valence-electron chi connectivity index (χ2n) is 20.1. The lowest BCUT2D eigenvalue weighted by molar-refractivity contribution is -0.151. The minimum atomic E-state index is -0.790. The van der Waals surface area contributed by atoms with Gasteiger partial charge in [-0.2, -0.15) is 0 Å². The first-order valence-corrected chi connectivity index (χ1v) is 29.2. The molecule has 3 N–H and O–H groups in total. The monoisotopic (exact) mass is 928 g/mol. The molecule has 0 rings (SSSR count). The molecule has 66 heavy (non-hydrogen) atoms. The Balaban J connectivity index is 4.56. The molecule has 0 bridgehead atoms. The summed E-state index contributed by atoms with van der Waals surface area (Å²) in [6.07, 6.45) is 64.9. The fourth-order valence-electron chi connectivity index (χ4n) is 9.03.